The lowest BCUT2D eigenvalue weighted by Gasteiger charge is -2.22. The SMILES string of the molecule is CC(C)(C)CCS(=O)(=O)Nc1cnn(C2CCNCC2)c1. The second kappa shape index (κ2) is 6.36. The molecular weight excluding hydrogens is 288 g/mol. The monoisotopic (exact) mass is 314 g/mol. The van der Waals surface area contributed by atoms with Crippen LogP contribution in [0.25, 0.3) is 0 Å². The van der Waals surface area contributed by atoms with Crippen LogP contribution >= 0.6 is 0 Å². The molecule has 0 spiro atoms. The van der Waals surface area contributed by atoms with Crippen LogP contribution in [0.1, 0.15) is 46.1 Å². The molecule has 1 saturated heterocycles. The van der Waals surface area contributed by atoms with Crippen LogP contribution < -0.4 is 10.0 Å². The van der Waals surface area contributed by atoms with E-state index in [2.05, 4.69) is 15.1 Å². The quantitative estimate of drug-likeness (QED) is 0.871. The first-order valence-corrected chi connectivity index (χ1v) is 9.16. The lowest BCUT2D eigenvalue weighted by molar-refractivity contribution is 0.343. The Morgan fingerprint density at radius 2 is 2.05 bits per heavy atom. The maximum Gasteiger partial charge on any atom is 0.232 e. The van der Waals surface area contributed by atoms with Crippen molar-refractivity contribution in [2.24, 2.45) is 5.41 Å². The van der Waals surface area contributed by atoms with Crippen molar-refractivity contribution in [3.8, 4) is 0 Å². The van der Waals surface area contributed by atoms with E-state index in [9.17, 15) is 8.42 Å². The largest absolute Gasteiger partial charge is 0.317 e. The zero-order valence-corrected chi connectivity index (χ0v) is 13.9. The predicted octanol–water partition coefficient (Wildman–Crippen LogP) is 1.99. The number of hydrogen-bond acceptors (Lipinski definition) is 4. The van der Waals surface area contributed by atoms with Gasteiger partial charge in [0.1, 0.15) is 0 Å². The summed E-state index contributed by atoms with van der Waals surface area (Å²) in [6, 6.07) is 0.360. The maximum atomic E-state index is 12.1. The third kappa shape index (κ3) is 5.32. The fraction of sp³-hybridized carbons (Fsp3) is 0.786. The third-order valence-corrected chi connectivity index (χ3v) is 4.97. The lowest BCUT2D eigenvalue weighted by atomic mass is 9.94. The summed E-state index contributed by atoms with van der Waals surface area (Å²) in [4.78, 5) is 0. The van der Waals surface area contributed by atoms with Gasteiger partial charge in [0.2, 0.25) is 10.0 Å². The van der Waals surface area contributed by atoms with Crippen LogP contribution in [0.5, 0.6) is 0 Å². The zero-order valence-electron chi connectivity index (χ0n) is 13.1. The Hall–Kier alpha value is -1.08. The van der Waals surface area contributed by atoms with Gasteiger partial charge < -0.3 is 5.32 Å². The fourth-order valence-electron chi connectivity index (χ4n) is 2.33. The van der Waals surface area contributed by atoms with Gasteiger partial charge in [-0.15, -0.1) is 0 Å². The van der Waals surface area contributed by atoms with E-state index >= 15 is 0 Å². The molecule has 0 bridgehead atoms. The van der Waals surface area contributed by atoms with Crippen molar-refractivity contribution >= 4 is 15.7 Å². The van der Waals surface area contributed by atoms with Gasteiger partial charge in [-0.25, -0.2) is 8.42 Å². The summed E-state index contributed by atoms with van der Waals surface area (Å²) in [5, 5.41) is 7.60. The van der Waals surface area contributed by atoms with Crippen LogP contribution in [0.4, 0.5) is 5.69 Å². The van der Waals surface area contributed by atoms with Gasteiger partial charge >= 0.3 is 0 Å². The molecule has 6 nitrogen and oxygen atoms in total. The molecule has 0 unspecified atom stereocenters. The normalized spacial score (nSPS) is 17.9. The van der Waals surface area contributed by atoms with E-state index in [0.29, 0.717) is 18.2 Å². The number of anilines is 1. The summed E-state index contributed by atoms with van der Waals surface area (Å²) in [5.41, 5.74) is 0.566. The minimum Gasteiger partial charge on any atom is -0.317 e. The molecule has 1 aliphatic heterocycles. The van der Waals surface area contributed by atoms with Crippen LogP contribution in [-0.4, -0.2) is 37.0 Å². The zero-order chi connectivity index (χ0) is 15.5. The van der Waals surface area contributed by atoms with Crippen molar-refractivity contribution in [2.45, 2.75) is 46.1 Å². The predicted molar refractivity (Wildman–Crippen MR) is 84.8 cm³/mol. The Morgan fingerprint density at radius 1 is 1.38 bits per heavy atom. The number of piperidine rings is 1. The molecule has 0 aromatic carbocycles. The minimum absolute atomic E-state index is 0.00797. The molecule has 2 rings (SSSR count). The van der Waals surface area contributed by atoms with Gasteiger partial charge in [-0.2, -0.15) is 5.10 Å². The van der Waals surface area contributed by atoms with Crippen molar-refractivity contribution in [3.63, 3.8) is 0 Å². The molecule has 120 valence electrons. The van der Waals surface area contributed by atoms with Gasteiger partial charge in [0, 0.05) is 6.20 Å². The standard InChI is InChI=1S/C14H26N4O2S/c1-14(2,3)6-9-21(19,20)17-12-10-16-18(11-12)13-4-7-15-8-5-13/h10-11,13,15,17H,4-9H2,1-3H3. The fourth-order valence-corrected chi connectivity index (χ4v) is 3.78. The number of hydrogen-bond donors (Lipinski definition) is 2. The Bertz CT molecular complexity index is 554. The maximum absolute atomic E-state index is 12.1. The molecule has 1 aliphatic rings. The summed E-state index contributed by atoms with van der Waals surface area (Å²) in [6.07, 6.45) is 6.07. The Morgan fingerprint density at radius 3 is 2.67 bits per heavy atom. The number of sulfonamides is 1. The molecule has 0 saturated carbocycles. The highest BCUT2D eigenvalue weighted by Crippen LogP contribution is 2.22. The Labute approximate surface area is 127 Å². The number of nitrogens with one attached hydrogen (secondary N) is 2. The highest BCUT2D eigenvalue weighted by molar-refractivity contribution is 7.92. The molecule has 0 amide bonds. The second-order valence-corrected chi connectivity index (χ2v) is 8.76. The Balaban J connectivity index is 1.95. The van der Waals surface area contributed by atoms with E-state index in [1.165, 1.54) is 0 Å². The van der Waals surface area contributed by atoms with Gasteiger partial charge in [-0.05, 0) is 37.8 Å². The molecule has 1 aromatic heterocycles. The molecule has 0 radical (unpaired) electrons. The summed E-state index contributed by atoms with van der Waals surface area (Å²) in [5.74, 6) is 0.134. The van der Waals surface area contributed by atoms with E-state index < -0.39 is 10.0 Å². The summed E-state index contributed by atoms with van der Waals surface area (Å²) in [7, 11) is -3.30. The van der Waals surface area contributed by atoms with Gasteiger partial charge in [-0.1, -0.05) is 20.8 Å². The number of rotatable bonds is 5. The van der Waals surface area contributed by atoms with Crippen LogP contribution in [-0.2, 0) is 10.0 Å². The van der Waals surface area contributed by atoms with E-state index in [1.54, 1.807) is 12.4 Å². The van der Waals surface area contributed by atoms with Crippen LogP contribution in [0.2, 0.25) is 0 Å². The smallest absolute Gasteiger partial charge is 0.232 e. The molecule has 0 aliphatic carbocycles. The number of aromatic nitrogens is 2. The van der Waals surface area contributed by atoms with Crippen LogP contribution in [0.15, 0.2) is 12.4 Å². The molecular formula is C14H26N4O2S. The first-order chi connectivity index (χ1) is 9.75. The topological polar surface area (TPSA) is 76.0 Å². The van der Waals surface area contributed by atoms with E-state index in [-0.39, 0.29) is 11.2 Å². The summed E-state index contributed by atoms with van der Waals surface area (Å²) >= 11 is 0. The van der Waals surface area contributed by atoms with E-state index in [0.717, 1.165) is 25.9 Å². The van der Waals surface area contributed by atoms with Gasteiger partial charge in [0.25, 0.3) is 0 Å². The molecule has 7 heteroatoms. The van der Waals surface area contributed by atoms with Gasteiger partial charge in [-0.3, -0.25) is 9.40 Å². The molecule has 21 heavy (non-hydrogen) atoms. The number of nitrogens with zero attached hydrogens (tertiary/aromatic N) is 2. The second-order valence-electron chi connectivity index (χ2n) is 6.92. The first-order valence-electron chi connectivity index (χ1n) is 7.51. The summed E-state index contributed by atoms with van der Waals surface area (Å²) in [6.45, 7) is 8.08. The minimum atomic E-state index is -3.30. The Kier molecular flexibility index (Phi) is 4.93. The van der Waals surface area contributed by atoms with Crippen molar-refractivity contribution in [1.82, 2.24) is 15.1 Å². The molecule has 0 atom stereocenters. The highest BCUT2D eigenvalue weighted by Gasteiger charge is 2.19. The van der Waals surface area contributed by atoms with Crippen molar-refractivity contribution in [2.75, 3.05) is 23.6 Å². The van der Waals surface area contributed by atoms with Crippen molar-refractivity contribution < 1.29 is 8.42 Å². The van der Waals surface area contributed by atoms with Crippen molar-refractivity contribution in [1.29, 1.82) is 0 Å². The van der Waals surface area contributed by atoms with Crippen LogP contribution in [0.3, 0.4) is 0 Å². The van der Waals surface area contributed by atoms with Crippen LogP contribution in [0, 0.1) is 5.41 Å². The van der Waals surface area contributed by atoms with Crippen molar-refractivity contribution in [3.05, 3.63) is 12.4 Å². The highest BCUT2D eigenvalue weighted by atomic mass is 32.2. The molecule has 1 fully saturated rings. The van der Waals surface area contributed by atoms with Gasteiger partial charge in [0.15, 0.2) is 0 Å². The first kappa shape index (κ1) is 16.3. The van der Waals surface area contributed by atoms with E-state index in [4.69, 9.17) is 0 Å². The third-order valence-electron chi connectivity index (χ3n) is 3.68. The lowest BCUT2D eigenvalue weighted by Crippen LogP contribution is -2.29. The summed E-state index contributed by atoms with van der Waals surface area (Å²) < 4.78 is 28.6. The molecule has 2 N–H and O–H groups in total. The molecule has 1 aromatic rings. The average Bonchev–Trinajstić information content (AvgIpc) is 2.85. The van der Waals surface area contributed by atoms with Gasteiger partial charge in [0.05, 0.1) is 23.7 Å². The molecule has 2 heterocycles. The van der Waals surface area contributed by atoms with E-state index in [1.807, 2.05) is 25.5 Å². The average molecular weight is 314 g/mol.